The Bertz CT molecular complexity index is 48.1. The fourth-order valence-electron chi connectivity index (χ4n) is 0. The van der Waals surface area contributed by atoms with Crippen LogP contribution in [0.1, 0.15) is 13.8 Å². The van der Waals surface area contributed by atoms with Crippen molar-refractivity contribution in [2.24, 2.45) is 0 Å². The normalized spacial score (nSPS) is 3.07. The van der Waals surface area contributed by atoms with Crippen molar-refractivity contribution >= 4 is 5.97 Å². The molecule has 0 bridgehead atoms. The number of hydrogen-bond acceptors (Lipinski definition) is 2. The molecule has 0 amide bonds. The summed E-state index contributed by atoms with van der Waals surface area (Å²) < 4.78 is 0. The molecule has 0 aliphatic heterocycles. The van der Waals surface area contributed by atoms with Gasteiger partial charge in [-0.05, 0) is 6.92 Å². The van der Waals surface area contributed by atoms with E-state index in [9.17, 15) is 0 Å². The van der Waals surface area contributed by atoms with Gasteiger partial charge < -0.3 is 43.1 Å². The van der Waals surface area contributed by atoms with Gasteiger partial charge in [0.2, 0.25) is 0 Å². The van der Waals surface area contributed by atoms with Crippen LogP contribution in [0.2, 0.25) is 0 Å². The second-order valence-corrected chi connectivity index (χ2v) is 0.835. The third kappa shape index (κ3) is 39700. The van der Waals surface area contributed by atoms with Crippen molar-refractivity contribution in [2.45, 2.75) is 13.8 Å². The number of rotatable bonds is 0. The number of carbonyl (C=O) groups is 1. The number of carboxylic acid groups (broad SMARTS) is 1. The van der Waals surface area contributed by atoms with Gasteiger partial charge in [0.05, 0.1) is 0 Å². The quantitative estimate of drug-likeness (QED) is 0.414. The number of aliphatic carboxylic acids is 1. The summed E-state index contributed by atoms with van der Waals surface area (Å²) in [5.41, 5.74) is 0. The summed E-state index contributed by atoms with van der Waals surface area (Å²) >= 11 is 0. The van der Waals surface area contributed by atoms with E-state index < -0.39 is 5.97 Å². The van der Waals surface area contributed by atoms with Crippen molar-refractivity contribution in [1.82, 2.24) is 0 Å². The predicted octanol–water partition coefficient (Wildman–Crippen LogP) is -4.86. The van der Waals surface area contributed by atoms with Crippen molar-refractivity contribution in [3.63, 3.8) is 0 Å². The van der Waals surface area contributed by atoms with E-state index in [1.165, 1.54) is 0 Å². The van der Waals surface area contributed by atoms with Crippen molar-refractivity contribution in [3.05, 3.63) is 0 Å². The molecule has 0 spiro atoms. The van der Waals surface area contributed by atoms with Crippen LogP contribution in [0.4, 0.5) is 0 Å². The molecule has 0 saturated carbocycles. The predicted molar refractivity (Wildman–Crippen MR) is 47.8 cm³/mol. The molecule has 9 nitrogen and oxygen atoms in total. The average Bonchev–Trinajstić information content (AvgIpc) is 1.33. The van der Waals surface area contributed by atoms with E-state index in [1.807, 2.05) is 0 Å². The van der Waals surface area contributed by atoms with E-state index >= 15 is 0 Å². The van der Waals surface area contributed by atoms with Crippen LogP contribution in [0.3, 0.4) is 0 Å². The first-order valence-electron chi connectivity index (χ1n) is 1.95. The maximum Gasteiger partial charge on any atom is 0.300 e. The Morgan fingerprint density at radius 1 is 1.00 bits per heavy atom. The van der Waals surface area contributed by atoms with Crippen LogP contribution in [-0.4, -0.2) is 55.6 Å². The van der Waals surface area contributed by atoms with Gasteiger partial charge in [0.15, 0.2) is 0 Å². The van der Waals surface area contributed by atoms with Crippen molar-refractivity contribution < 1.29 is 67.3 Å². The van der Waals surface area contributed by atoms with Crippen molar-refractivity contribution in [2.75, 3.05) is 6.61 Å². The molecule has 0 aromatic carbocycles. The smallest absolute Gasteiger partial charge is 0.300 e. The molecule has 0 aromatic heterocycles. The molecule has 14 heavy (non-hydrogen) atoms. The molecule has 0 unspecified atom stereocenters. The van der Waals surface area contributed by atoms with Crippen molar-refractivity contribution in [3.8, 4) is 0 Å². The molecule has 14 N–H and O–H groups in total. The summed E-state index contributed by atoms with van der Waals surface area (Å²) in [5, 5.41) is 15.0. The number of aliphatic hydroxyl groups excluding tert-OH is 1. The van der Waals surface area contributed by atoms with Gasteiger partial charge in [-0.1, -0.05) is 0 Å². The first kappa shape index (κ1) is 97.9. The third-order valence-electron chi connectivity index (χ3n) is 0. The van der Waals surface area contributed by atoms with E-state index in [0.29, 0.717) is 0 Å². The van der Waals surface area contributed by atoms with E-state index in [-0.39, 0.29) is 58.9 Å². The zero-order valence-electron chi connectivity index (χ0n) is 8.22. The average molecular weight is 280 g/mol. The van der Waals surface area contributed by atoms with Crippen LogP contribution in [0.15, 0.2) is 0 Å². The standard InChI is InChI=1S/C2H4O2.C2H6O.6H2O.Zn/c1-2(3)4;1-2-3;;;;;;;/h1H3,(H,3,4);3H,2H2,1H3;6*1H2;. The molecule has 0 aliphatic rings. The van der Waals surface area contributed by atoms with Gasteiger partial charge in [-0.15, -0.1) is 0 Å². The van der Waals surface area contributed by atoms with Crippen LogP contribution >= 0.6 is 0 Å². The summed E-state index contributed by atoms with van der Waals surface area (Å²) in [5.74, 6) is -0.833. The summed E-state index contributed by atoms with van der Waals surface area (Å²) in [4.78, 5) is 9.00. The Morgan fingerprint density at radius 3 is 1.00 bits per heavy atom. The molecule has 10 heteroatoms. The van der Waals surface area contributed by atoms with E-state index in [2.05, 4.69) is 0 Å². The molecule has 0 rings (SSSR count). The SMILES string of the molecule is CC(=O)O.CCO.O.O.O.O.O.O.[Zn]. The second-order valence-electron chi connectivity index (χ2n) is 0.835. The first-order valence-corrected chi connectivity index (χ1v) is 1.95. The van der Waals surface area contributed by atoms with Crippen LogP contribution in [0.5, 0.6) is 0 Å². The number of carboxylic acids is 1. The Balaban J connectivity index is -0.00000000344. The Morgan fingerprint density at radius 2 is 1.00 bits per heavy atom. The molecule has 94 valence electrons. The van der Waals surface area contributed by atoms with Crippen molar-refractivity contribution in [1.29, 1.82) is 0 Å². The molecule has 0 aliphatic carbocycles. The number of aliphatic hydroxyl groups is 1. The molecule has 0 atom stereocenters. The summed E-state index contributed by atoms with van der Waals surface area (Å²) in [7, 11) is 0. The topological polar surface area (TPSA) is 247 Å². The summed E-state index contributed by atoms with van der Waals surface area (Å²) in [6, 6.07) is 0. The minimum Gasteiger partial charge on any atom is -0.481 e. The molecule has 0 fully saturated rings. The van der Waals surface area contributed by atoms with Crippen LogP contribution in [-0.2, 0) is 24.3 Å². The third-order valence-corrected chi connectivity index (χ3v) is 0. The maximum atomic E-state index is 9.00. The van der Waals surface area contributed by atoms with E-state index in [0.717, 1.165) is 6.92 Å². The van der Waals surface area contributed by atoms with Gasteiger partial charge in [-0.25, -0.2) is 0 Å². The zero-order valence-corrected chi connectivity index (χ0v) is 11.2. The molecular formula is C4H22O9Zn. The van der Waals surface area contributed by atoms with Gasteiger partial charge in [-0.3, -0.25) is 4.79 Å². The molecule has 0 saturated heterocycles. The monoisotopic (exact) mass is 278 g/mol. The fraction of sp³-hybridized carbons (Fsp3) is 0.750. The molecular weight excluding hydrogens is 257 g/mol. The minimum absolute atomic E-state index is 0. The van der Waals surface area contributed by atoms with Gasteiger partial charge in [0.1, 0.15) is 0 Å². The first-order chi connectivity index (χ1) is 3.15. The van der Waals surface area contributed by atoms with E-state index in [1.54, 1.807) is 6.92 Å². The van der Waals surface area contributed by atoms with Gasteiger partial charge >= 0.3 is 0 Å². The van der Waals surface area contributed by atoms with Gasteiger partial charge in [0, 0.05) is 33.0 Å². The number of hydrogen-bond donors (Lipinski definition) is 2. The molecule has 0 heterocycles. The second kappa shape index (κ2) is 123. The fourth-order valence-corrected chi connectivity index (χ4v) is 0. The molecule has 0 radical (unpaired) electrons. The Labute approximate surface area is 94.4 Å². The Hall–Kier alpha value is -0.187. The van der Waals surface area contributed by atoms with Crippen LogP contribution < -0.4 is 0 Å². The van der Waals surface area contributed by atoms with Crippen LogP contribution in [0, 0.1) is 0 Å². The summed E-state index contributed by atoms with van der Waals surface area (Å²) in [6.45, 7) is 3.01. The minimum atomic E-state index is -0.833. The zero-order chi connectivity index (χ0) is 6.28. The van der Waals surface area contributed by atoms with Gasteiger partial charge in [0.25, 0.3) is 5.97 Å². The summed E-state index contributed by atoms with van der Waals surface area (Å²) in [6.07, 6.45) is 0. The maximum absolute atomic E-state index is 9.00. The molecule has 0 aromatic rings. The largest absolute Gasteiger partial charge is 0.481 e. The van der Waals surface area contributed by atoms with E-state index in [4.69, 9.17) is 15.0 Å². The Kier molecular flexibility index (Phi) is 860. The van der Waals surface area contributed by atoms with Gasteiger partial charge in [-0.2, -0.15) is 0 Å². The van der Waals surface area contributed by atoms with Crippen LogP contribution in [0.25, 0.3) is 0 Å².